The van der Waals surface area contributed by atoms with Crippen molar-refractivity contribution in [3.8, 4) is 0 Å². The molecule has 0 bridgehead atoms. The van der Waals surface area contributed by atoms with Gasteiger partial charge in [-0.3, -0.25) is 10.1 Å². The van der Waals surface area contributed by atoms with Crippen LogP contribution in [-0.4, -0.2) is 37.4 Å². The molecule has 0 radical (unpaired) electrons. The number of rotatable bonds is 4. The van der Waals surface area contributed by atoms with E-state index >= 15 is 0 Å². The van der Waals surface area contributed by atoms with E-state index in [0.717, 1.165) is 21.9 Å². The molecule has 2 N–H and O–H groups in total. The second-order valence-electron chi connectivity index (χ2n) is 4.30. The fraction of sp³-hybridized carbons (Fsp3) is 0.400. The zero-order valence-electron chi connectivity index (χ0n) is 10.5. The summed E-state index contributed by atoms with van der Waals surface area (Å²) in [4.78, 5) is 26.6. The number of hydrogen-bond donors (Lipinski definition) is 2. The Morgan fingerprint density at radius 2 is 2.19 bits per heavy atom. The Morgan fingerprint density at radius 3 is 2.76 bits per heavy atom. The van der Waals surface area contributed by atoms with E-state index in [0.29, 0.717) is 6.92 Å². The van der Waals surface area contributed by atoms with Crippen molar-refractivity contribution in [3.05, 3.63) is 27.6 Å². The third-order valence-corrected chi connectivity index (χ3v) is 3.53. The lowest BCUT2D eigenvalue weighted by Crippen LogP contribution is -2.59. The molecule has 7 nitrogen and oxygen atoms in total. The van der Waals surface area contributed by atoms with Crippen LogP contribution in [0.25, 0.3) is 4.96 Å². The molecule has 0 aromatic carbocycles. The zero-order valence-corrected chi connectivity index (χ0v) is 11.3. The van der Waals surface area contributed by atoms with Crippen LogP contribution in [0.4, 0.5) is 13.2 Å². The van der Waals surface area contributed by atoms with Crippen LogP contribution in [0.1, 0.15) is 12.6 Å². The van der Waals surface area contributed by atoms with E-state index in [4.69, 9.17) is 5.11 Å². The van der Waals surface area contributed by atoms with Crippen molar-refractivity contribution in [3.63, 3.8) is 0 Å². The third kappa shape index (κ3) is 2.74. The Balaban J connectivity index is 2.28. The van der Waals surface area contributed by atoms with Crippen LogP contribution in [0, 0.1) is 0 Å². The molecule has 0 aliphatic heterocycles. The van der Waals surface area contributed by atoms with Gasteiger partial charge in [0.25, 0.3) is 5.56 Å². The van der Waals surface area contributed by atoms with Gasteiger partial charge in [-0.25, -0.2) is 9.78 Å². The first kappa shape index (κ1) is 15.4. The third-order valence-electron chi connectivity index (χ3n) is 2.86. The second kappa shape index (κ2) is 5.07. The van der Waals surface area contributed by atoms with Crippen LogP contribution in [0.5, 0.6) is 0 Å². The number of fused-ring (bicyclic) bond motifs is 1. The summed E-state index contributed by atoms with van der Waals surface area (Å²) >= 11 is 1.04. The minimum absolute atomic E-state index is 0.000903. The molecular weight excluding hydrogens is 313 g/mol. The Kier molecular flexibility index (Phi) is 3.72. The largest absolute Gasteiger partial charge is 0.480 e. The summed E-state index contributed by atoms with van der Waals surface area (Å²) in [6.07, 6.45) is -5.00. The summed E-state index contributed by atoms with van der Waals surface area (Å²) in [5.41, 5.74) is -2.32. The van der Waals surface area contributed by atoms with Gasteiger partial charge in [0.2, 0.25) is 10.5 Å². The molecule has 1 atom stereocenters. The number of nitrogens with zero attached hydrogens (tertiary/aromatic N) is 3. The standard InChI is InChI=1S/C10H9F3N4O3S/c1-9(7(19)20,10(11,12)13)14-3-5-2-6(18)17-8(16-5)21-4-15-17/h2,4,14H,3H2,1H3,(H,19,20). The van der Waals surface area contributed by atoms with E-state index in [2.05, 4.69) is 10.1 Å². The second-order valence-corrected chi connectivity index (χ2v) is 5.11. The number of halogens is 3. The van der Waals surface area contributed by atoms with Crippen LogP contribution >= 0.6 is 11.3 Å². The number of carboxylic acid groups (broad SMARTS) is 1. The highest BCUT2D eigenvalue weighted by atomic mass is 32.1. The first-order valence-corrected chi connectivity index (χ1v) is 6.41. The molecule has 2 heterocycles. The molecule has 0 saturated heterocycles. The van der Waals surface area contributed by atoms with Crippen molar-refractivity contribution in [2.24, 2.45) is 0 Å². The van der Waals surface area contributed by atoms with Crippen LogP contribution in [0.15, 0.2) is 16.4 Å². The molecule has 0 aliphatic rings. The Bertz CT molecular complexity index is 741. The quantitative estimate of drug-likeness (QED) is 0.858. The van der Waals surface area contributed by atoms with E-state index in [-0.39, 0.29) is 10.7 Å². The zero-order chi connectivity index (χ0) is 15.8. The van der Waals surface area contributed by atoms with E-state index in [1.54, 1.807) is 0 Å². The molecule has 11 heteroatoms. The summed E-state index contributed by atoms with van der Waals surface area (Å²) in [5.74, 6) is -2.06. The maximum absolute atomic E-state index is 12.8. The molecule has 1 unspecified atom stereocenters. The van der Waals surface area contributed by atoms with Crippen molar-refractivity contribution in [2.75, 3.05) is 0 Å². The molecule has 0 amide bonds. The summed E-state index contributed by atoms with van der Waals surface area (Å²) in [5, 5.41) is 14.3. The van der Waals surface area contributed by atoms with E-state index in [1.165, 1.54) is 5.51 Å². The average Bonchev–Trinajstić information content (AvgIpc) is 2.83. The van der Waals surface area contributed by atoms with E-state index in [9.17, 15) is 22.8 Å². The summed E-state index contributed by atoms with van der Waals surface area (Å²) in [6, 6.07) is 0.998. The van der Waals surface area contributed by atoms with Crippen LogP contribution < -0.4 is 10.9 Å². The molecule has 2 rings (SSSR count). The van der Waals surface area contributed by atoms with Crippen molar-refractivity contribution < 1.29 is 23.1 Å². The maximum atomic E-state index is 12.8. The lowest BCUT2D eigenvalue weighted by atomic mass is 10.0. The lowest BCUT2D eigenvalue weighted by Gasteiger charge is -2.28. The highest BCUT2D eigenvalue weighted by Gasteiger charge is 2.57. The number of hydrogen-bond acceptors (Lipinski definition) is 6. The van der Waals surface area contributed by atoms with Gasteiger partial charge in [0.05, 0.1) is 5.69 Å². The first-order chi connectivity index (χ1) is 9.65. The Morgan fingerprint density at radius 1 is 1.52 bits per heavy atom. The average molecular weight is 322 g/mol. The number of aromatic nitrogens is 3. The molecule has 0 saturated carbocycles. The fourth-order valence-electron chi connectivity index (χ4n) is 1.46. The minimum atomic E-state index is -5.00. The van der Waals surface area contributed by atoms with E-state index < -0.39 is 29.8 Å². The van der Waals surface area contributed by atoms with Gasteiger partial charge >= 0.3 is 12.1 Å². The first-order valence-electron chi connectivity index (χ1n) is 5.53. The summed E-state index contributed by atoms with van der Waals surface area (Å²) in [6.45, 7) is -0.0145. The predicted molar refractivity (Wildman–Crippen MR) is 66.1 cm³/mol. The van der Waals surface area contributed by atoms with Crippen molar-refractivity contribution in [1.82, 2.24) is 19.9 Å². The molecule has 0 aliphatic carbocycles. The maximum Gasteiger partial charge on any atom is 0.417 e. The summed E-state index contributed by atoms with van der Waals surface area (Å²) in [7, 11) is 0. The highest BCUT2D eigenvalue weighted by molar-refractivity contribution is 7.14. The molecule has 0 fully saturated rings. The van der Waals surface area contributed by atoms with Gasteiger partial charge in [0.15, 0.2) is 0 Å². The van der Waals surface area contributed by atoms with Crippen molar-refractivity contribution in [2.45, 2.75) is 25.2 Å². The van der Waals surface area contributed by atoms with Gasteiger partial charge < -0.3 is 5.11 Å². The SMILES string of the molecule is CC(NCc1cc(=O)n2ncsc2n1)(C(=O)O)C(F)(F)F. The number of nitrogens with one attached hydrogen (secondary N) is 1. The fourth-order valence-corrected chi connectivity index (χ4v) is 2.10. The number of alkyl halides is 3. The van der Waals surface area contributed by atoms with Crippen LogP contribution in [0.3, 0.4) is 0 Å². The lowest BCUT2D eigenvalue weighted by molar-refractivity contribution is -0.206. The normalized spacial score (nSPS) is 15.0. The monoisotopic (exact) mass is 322 g/mol. The van der Waals surface area contributed by atoms with Gasteiger partial charge in [-0.15, -0.1) is 0 Å². The summed E-state index contributed by atoms with van der Waals surface area (Å²) < 4.78 is 39.4. The molecule has 21 heavy (non-hydrogen) atoms. The van der Waals surface area contributed by atoms with Crippen LogP contribution in [-0.2, 0) is 11.3 Å². The molecule has 2 aromatic rings. The van der Waals surface area contributed by atoms with Gasteiger partial charge in [-0.2, -0.15) is 22.8 Å². The predicted octanol–water partition coefficient (Wildman–Crippen LogP) is 0.646. The van der Waals surface area contributed by atoms with Gasteiger partial charge in [-0.1, -0.05) is 11.3 Å². The smallest absolute Gasteiger partial charge is 0.417 e. The molecule has 0 spiro atoms. The van der Waals surface area contributed by atoms with Gasteiger partial charge in [0, 0.05) is 12.6 Å². The highest BCUT2D eigenvalue weighted by Crippen LogP contribution is 2.30. The number of carbonyl (C=O) groups is 1. The number of carboxylic acids is 1. The van der Waals surface area contributed by atoms with Crippen molar-refractivity contribution in [1.29, 1.82) is 0 Å². The minimum Gasteiger partial charge on any atom is -0.480 e. The Labute approximate surface area is 119 Å². The van der Waals surface area contributed by atoms with Gasteiger partial charge in [-0.05, 0) is 6.92 Å². The Hall–Kier alpha value is -2.01. The molecule has 2 aromatic heterocycles. The molecule has 114 valence electrons. The van der Waals surface area contributed by atoms with E-state index in [1.807, 2.05) is 5.32 Å². The van der Waals surface area contributed by atoms with Crippen LogP contribution in [0.2, 0.25) is 0 Å². The topological polar surface area (TPSA) is 96.6 Å². The van der Waals surface area contributed by atoms with Gasteiger partial charge in [0.1, 0.15) is 5.51 Å². The molecular formula is C10H9F3N4O3S. The van der Waals surface area contributed by atoms with Crippen molar-refractivity contribution >= 4 is 22.3 Å². The number of aliphatic carboxylic acids is 1.